The molecule has 1 heterocycles. The molecule has 1 aliphatic carbocycles. The zero-order valence-electron chi connectivity index (χ0n) is 22.2. The van der Waals surface area contributed by atoms with Gasteiger partial charge >= 0.3 is 0 Å². The van der Waals surface area contributed by atoms with Gasteiger partial charge in [0.1, 0.15) is 5.82 Å². The van der Waals surface area contributed by atoms with Gasteiger partial charge in [-0.05, 0) is 78.2 Å². The van der Waals surface area contributed by atoms with Crippen LogP contribution in [-0.2, 0) is 6.54 Å². The van der Waals surface area contributed by atoms with Crippen LogP contribution in [0.25, 0.3) is 0 Å². The fourth-order valence-electron chi connectivity index (χ4n) is 5.13. The molecule has 8 heteroatoms. The molecular weight excluding hydrogens is 462 g/mol. The minimum absolute atomic E-state index is 0.0979. The van der Waals surface area contributed by atoms with Gasteiger partial charge in [-0.2, -0.15) is 0 Å². The predicted molar refractivity (Wildman–Crippen MR) is 146 cm³/mol. The van der Waals surface area contributed by atoms with Gasteiger partial charge in [-0.3, -0.25) is 9.59 Å². The Bertz CT molecular complexity index is 1100. The lowest BCUT2D eigenvalue weighted by Gasteiger charge is -2.40. The second kappa shape index (κ2) is 11.5. The van der Waals surface area contributed by atoms with E-state index in [-0.39, 0.29) is 17.9 Å². The van der Waals surface area contributed by atoms with E-state index in [2.05, 4.69) is 41.1 Å². The number of carbonyl (C=O) groups excluding carboxylic acids is 1. The zero-order chi connectivity index (χ0) is 25.9. The first-order chi connectivity index (χ1) is 16.5. The maximum atomic E-state index is 13.2. The highest BCUT2D eigenvalue weighted by molar-refractivity contribution is 6.31. The summed E-state index contributed by atoms with van der Waals surface area (Å²) in [4.78, 5) is 35.7. The summed E-state index contributed by atoms with van der Waals surface area (Å²) in [7, 11) is 8.05. The summed E-state index contributed by atoms with van der Waals surface area (Å²) < 4.78 is 0. The molecule has 0 saturated heterocycles. The molecule has 7 nitrogen and oxygen atoms in total. The quantitative estimate of drug-likeness (QED) is 0.563. The summed E-state index contributed by atoms with van der Waals surface area (Å²) in [5.41, 5.74) is 3.68. The van der Waals surface area contributed by atoms with Crippen molar-refractivity contribution in [3.05, 3.63) is 55.8 Å². The van der Waals surface area contributed by atoms with Crippen molar-refractivity contribution in [2.75, 3.05) is 44.5 Å². The van der Waals surface area contributed by atoms with Crippen molar-refractivity contribution in [3.8, 4) is 0 Å². The van der Waals surface area contributed by atoms with Gasteiger partial charge in [-0.15, -0.1) is 0 Å². The fraction of sp³-hybridized carbons (Fsp3) is 0.556. The molecule has 35 heavy (non-hydrogen) atoms. The van der Waals surface area contributed by atoms with Crippen LogP contribution in [0.4, 0.5) is 11.5 Å². The number of amides is 1. The van der Waals surface area contributed by atoms with Crippen molar-refractivity contribution in [1.29, 1.82) is 0 Å². The molecule has 1 aromatic heterocycles. The lowest BCUT2D eigenvalue weighted by atomic mass is 9.89. The number of aromatic amines is 1. The Kier molecular flexibility index (Phi) is 8.89. The third kappa shape index (κ3) is 6.19. The maximum Gasteiger partial charge on any atom is 0.251 e. The molecule has 0 aliphatic heterocycles. The highest BCUT2D eigenvalue weighted by atomic mass is 35.5. The summed E-state index contributed by atoms with van der Waals surface area (Å²) in [6.45, 7) is 7.00. The van der Waals surface area contributed by atoms with E-state index >= 15 is 0 Å². The third-order valence-corrected chi connectivity index (χ3v) is 7.54. The number of anilines is 2. The number of aryl methyl sites for hydroxylation is 1. The number of pyridine rings is 1. The number of halogens is 1. The normalized spacial score (nSPS) is 18.0. The highest BCUT2D eigenvalue weighted by Crippen LogP contribution is 2.34. The molecule has 1 saturated carbocycles. The molecule has 0 radical (unpaired) electrons. The Balaban J connectivity index is 1.81. The number of hydrogen-bond acceptors (Lipinski definition) is 5. The number of aromatic nitrogens is 1. The van der Waals surface area contributed by atoms with Crippen LogP contribution >= 0.6 is 11.6 Å². The monoisotopic (exact) mass is 501 g/mol. The topological polar surface area (TPSA) is 71.7 Å². The number of carbonyl (C=O) groups is 1. The third-order valence-electron chi connectivity index (χ3n) is 7.32. The predicted octanol–water partition coefficient (Wildman–Crippen LogP) is 4.34. The summed E-state index contributed by atoms with van der Waals surface area (Å²) in [6, 6.07) is 6.32. The number of nitrogens with one attached hydrogen (secondary N) is 2. The number of H-pyrrole nitrogens is 1. The van der Waals surface area contributed by atoms with Crippen molar-refractivity contribution < 1.29 is 4.79 Å². The molecule has 192 valence electrons. The van der Waals surface area contributed by atoms with Crippen LogP contribution in [0, 0.1) is 13.8 Å². The Morgan fingerprint density at radius 1 is 1.06 bits per heavy atom. The Morgan fingerprint density at radius 2 is 1.69 bits per heavy atom. The molecule has 1 fully saturated rings. The van der Waals surface area contributed by atoms with Crippen molar-refractivity contribution in [1.82, 2.24) is 15.2 Å². The number of hydrogen-bond donors (Lipinski definition) is 2. The summed E-state index contributed by atoms with van der Waals surface area (Å²) >= 11 is 6.51. The van der Waals surface area contributed by atoms with Crippen LogP contribution in [0.15, 0.2) is 23.0 Å². The average molecular weight is 502 g/mol. The molecule has 1 aromatic carbocycles. The molecule has 3 rings (SSSR count). The van der Waals surface area contributed by atoms with Gasteiger partial charge in [0.15, 0.2) is 5.43 Å². The fourth-order valence-corrected chi connectivity index (χ4v) is 5.35. The van der Waals surface area contributed by atoms with Crippen molar-refractivity contribution in [3.63, 3.8) is 0 Å². The molecule has 0 unspecified atom stereocenters. The summed E-state index contributed by atoms with van der Waals surface area (Å²) in [5, 5.41) is 3.48. The first kappa shape index (κ1) is 27.1. The van der Waals surface area contributed by atoms with Crippen LogP contribution in [0.5, 0.6) is 0 Å². The lowest BCUT2D eigenvalue weighted by molar-refractivity contribution is 0.0950. The van der Waals surface area contributed by atoms with Gasteiger partial charge in [0.25, 0.3) is 5.91 Å². The van der Waals surface area contributed by atoms with Gasteiger partial charge in [-0.1, -0.05) is 11.6 Å². The first-order valence-electron chi connectivity index (χ1n) is 12.4. The molecule has 2 N–H and O–H groups in total. The van der Waals surface area contributed by atoms with Gasteiger partial charge < -0.3 is 25.0 Å². The largest absolute Gasteiger partial charge is 0.369 e. The van der Waals surface area contributed by atoms with Gasteiger partial charge in [-0.25, -0.2) is 0 Å². The number of rotatable bonds is 8. The number of benzene rings is 1. The maximum absolute atomic E-state index is 13.2. The van der Waals surface area contributed by atoms with E-state index in [0.717, 1.165) is 42.1 Å². The SMILES string of the molecule is CCN(c1cc(Cl)cc(C(=O)NCc2c(C)[nH]c(N(C)C)cc2=O)c1C)C1CCC(N(C)C)CC1. The Morgan fingerprint density at radius 3 is 2.23 bits per heavy atom. The van der Waals surface area contributed by atoms with Gasteiger partial charge in [0.2, 0.25) is 0 Å². The van der Waals surface area contributed by atoms with Crippen LogP contribution in [-0.4, -0.2) is 62.6 Å². The lowest BCUT2D eigenvalue weighted by Crippen LogP contribution is -2.42. The van der Waals surface area contributed by atoms with Crippen LogP contribution in [0.2, 0.25) is 5.02 Å². The van der Waals surface area contributed by atoms with E-state index < -0.39 is 0 Å². The molecule has 1 amide bonds. The second-order valence-corrected chi connectivity index (χ2v) is 10.4. The van der Waals surface area contributed by atoms with E-state index in [1.807, 2.05) is 38.9 Å². The number of nitrogens with zero attached hydrogens (tertiary/aromatic N) is 3. The molecule has 0 spiro atoms. The average Bonchev–Trinajstić information content (AvgIpc) is 2.80. The second-order valence-electron chi connectivity index (χ2n) is 10.0. The van der Waals surface area contributed by atoms with Gasteiger partial charge in [0.05, 0.1) is 0 Å². The standard InChI is InChI=1S/C27H40ClN5O2/c1-8-33(21-11-9-20(10-12-21)31(4)5)24-14-19(28)13-22(17(24)2)27(35)29-16-23-18(3)30-26(32(6)7)15-25(23)34/h13-15,20-21H,8-12,16H2,1-7H3,(H,29,35)(H,30,34). The van der Waals surface area contributed by atoms with E-state index in [9.17, 15) is 9.59 Å². The zero-order valence-corrected chi connectivity index (χ0v) is 22.9. The molecule has 2 aromatic rings. The minimum atomic E-state index is -0.228. The van der Waals surface area contributed by atoms with Crippen molar-refractivity contribution in [2.24, 2.45) is 0 Å². The smallest absolute Gasteiger partial charge is 0.251 e. The first-order valence-corrected chi connectivity index (χ1v) is 12.8. The summed E-state index contributed by atoms with van der Waals surface area (Å²) in [5.74, 6) is 0.506. The van der Waals surface area contributed by atoms with Crippen LogP contribution in [0.1, 0.15) is 59.8 Å². The summed E-state index contributed by atoms with van der Waals surface area (Å²) in [6.07, 6.45) is 4.58. The van der Waals surface area contributed by atoms with E-state index in [4.69, 9.17) is 11.6 Å². The van der Waals surface area contributed by atoms with Crippen molar-refractivity contribution in [2.45, 2.75) is 65.1 Å². The van der Waals surface area contributed by atoms with Crippen LogP contribution < -0.4 is 20.5 Å². The van der Waals surface area contributed by atoms with Crippen LogP contribution in [0.3, 0.4) is 0 Å². The van der Waals surface area contributed by atoms with E-state index in [1.165, 1.54) is 12.8 Å². The minimum Gasteiger partial charge on any atom is -0.369 e. The van der Waals surface area contributed by atoms with Crippen molar-refractivity contribution >= 4 is 29.0 Å². The van der Waals surface area contributed by atoms with E-state index in [1.54, 1.807) is 12.1 Å². The van der Waals surface area contributed by atoms with Gasteiger partial charge in [0, 0.05) is 72.9 Å². The highest BCUT2D eigenvalue weighted by Gasteiger charge is 2.28. The Labute approximate surface area is 214 Å². The molecular formula is C27H40ClN5O2. The molecule has 1 aliphatic rings. The molecule has 0 atom stereocenters. The Hall–Kier alpha value is -2.51. The molecule has 0 bridgehead atoms. The van der Waals surface area contributed by atoms with E-state index in [0.29, 0.717) is 28.2 Å².